The molecule has 0 aliphatic heterocycles. The quantitative estimate of drug-likeness (QED) is 0.658. The highest BCUT2D eigenvalue weighted by atomic mass is 14.3. The molecule has 0 heterocycles. The molecule has 2 aliphatic carbocycles. The molecule has 1 aromatic carbocycles. The van der Waals surface area contributed by atoms with Crippen LogP contribution < -0.4 is 0 Å². The number of rotatable bonds is 1. The van der Waals surface area contributed by atoms with Crippen molar-refractivity contribution in [1.82, 2.24) is 0 Å². The van der Waals surface area contributed by atoms with Crippen molar-refractivity contribution < 1.29 is 0 Å². The third kappa shape index (κ3) is 1.91. The fraction of sp³-hybridized carbons (Fsp3) is 0.176. The molecule has 1 aromatic rings. The van der Waals surface area contributed by atoms with Gasteiger partial charge >= 0.3 is 0 Å². The van der Waals surface area contributed by atoms with Gasteiger partial charge in [-0.05, 0) is 22.6 Å². The Hall–Kier alpha value is -1.82. The van der Waals surface area contributed by atoms with E-state index >= 15 is 0 Å². The highest BCUT2D eigenvalue weighted by Gasteiger charge is 2.21. The van der Waals surface area contributed by atoms with Gasteiger partial charge in [0.1, 0.15) is 0 Å². The number of benzene rings is 1. The zero-order chi connectivity index (χ0) is 11.7. The van der Waals surface area contributed by atoms with Gasteiger partial charge in [0.2, 0.25) is 0 Å². The van der Waals surface area contributed by atoms with Gasteiger partial charge in [-0.3, -0.25) is 0 Å². The average molecular weight is 220 g/mol. The first-order chi connectivity index (χ1) is 8.34. The predicted molar refractivity (Wildman–Crippen MR) is 72.8 cm³/mol. The van der Waals surface area contributed by atoms with E-state index in [1.54, 1.807) is 0 Å². The summed E-state index contributed by atoms with van der Waals surface area (Å²) in [4.78, 5) is 0. The number of hydrogen-bond donors (Lipinski definition) is 0. The van der Waals surface area contributed by atoms with Gasteiger partial charge in [0.25, 0.3) is 0 Å². The van der Waals surface area contributed by atoms with E-state index < -0.39 is 0 Å². The van der Waals surface area contributed by atoms with E-state index in [4.69, 9.17) is 0 Å². The lowest BCUT2D eigenvalue weighted by Gasteiger charge is -2.15. The second-order valence-electron chi connectivity index (χ2n) is 4.74. The lowest BCUT2D eigenvalue weighted by Crippen LogP contribution is -1.99. The molecule has 0 aromatic heterocycles. The van der Waals surface area contributed by atoms with Gasteiger partial charge in [-0.15, -0.1) is 0 Å². The first kappa shape index (κ1) is 10.3. The Morgan fingerprint density at radius 1 is 0.941 bits per heavy atom. The number of hydrogen-bond acceptors (Lipinski definition) is 0. The lowest BCUT2D eigenvalue weighted by molar-refractivity contribution is 0.939. The summed E-state index contributed by atoms with van der Waals surface area (Å²) < 4.78 is 0. The first-order valence-electron chi connectivity index (χ1n) is 6.18. The maximum Gasteiger partial charge on any atom is 0.0275 e. The summed E-state index contributed by atoms with van der Waals surface area (Å²) in [7, 11) is 0. The van der Waals surface area contributed by atoms with Gasteiger partial charge in [0.15, 0.2) is 0 Å². The van der Waals surface area contributed by atoms with Gasteiger partial charge in [-0.2, -0.15) is 0 Å². The minimum absolute atomic E-state index is 0.405. The molecule has 2 atom stereocenters. The zero-order valence-corrected chi connectivity index (χ0v) is 10.0. The second-order valence-corrected chi connectivity index (χ2v) is 4.74. The van der Waals surface area contributed by atoms with Crippen molar-refractivity contribution in [3.8, 4) is 0 Å². The number of fused-ring (bicyclic) bond motifs is 1. The van der Waals surface area contributed by atoms with E-state index in [1.165, 1.54) is 16.7 Å². The molecule has 0 spiro atoms. The minimum atomic E-state index is 0.405. The largest absolute Gasteiger partial charge is 0.0731 e. The van der Waals surface area contributed by atoms with Crippen LogP contribution in [0.3, 0.4) is 0 Å². The Morgan fingerprint density at radius 2 is 1.76 bits per heavy atom. The predicted octanol–water partition coefficient (Wildman–Crippen LogP) is 4.40. The van der Waals surface area contributed by atoms with Crippen molar-refractivity contribution in [1.29, 1.82) is 0 Å². The fourth-order valence-corrected chi connectivity index (χ4v) is 2.63. The lowest BCUT2D eigenvalue weighted by atomic mass is 9.88. The van der Waals surface area contributed by atoms with Gasteiger partial charge in [-0.1, -0.05) is 73.7 Å². The maximum absolute atomic E-state index is 2.38. The van der Waals surface area contributed by atoms with E-state index in [9.17, 15) is 0 Å². The molecule has 84 valence electrons. The van der Waals surface area contributed by atoms with Gasteiger partial charge < -0.3 is 0 Å². The monoisotopic (exact) mass is 220 g/mol. The summed E-state index contributed by atoms with van der Waals surface area (Å²) in [6.07, 6.45) is 13.5. The summed E-state index contributed by atoms with van der Waals surface area (Å²) in [6, 6.07) is 10.7. The molecular formula is C17H16. The SMILES string of the molecule is CC1C=C2C=CC=CC(c3ccccc3)C2=C1. The van der Waals surface area contributed by atoms with Crippen LogP contribution in [0.5, 0.6) is 0 Å². The maximum atomic E-state index is 2.38. The molecule has 0 N–H and O–H groups in total. The molecule has 0 radical (unpaired) electrons. The first-order valence-corrected chi connectivity index (χ1v) is 6.18. The molecule has 17 heavy (non-hydrogen) atoms. The molecule has 0 amide bonds. The van der Waals surface area contributed by atoms with E-state index in [0.717, 1.165) is 0 Å². The van der Waals surface area contributed by atoms with Crippen molar-refractivity contribution in [3.63, 3.8) is 0 Å². The van der Waals surface area contributed by atoms with Crippen LogP contribution in [-0.2, 0) is 0 Å². The van der Waals surface area contributed by atoms with Crippen LogP contribution in [0.25, 0.3) is 0 Å². The fourth-order valence-electron chi connectivity index (χ4n) is 2.63. The van der Waals surface area contributed by atoms with Crippen molar-refractivity contribution >= 4 is 0 Å². The summed E-state index contributed by atoms with van der Waals surface area (Å²) in [5, 5.41) is 0. The summed E-state index contributed by atoms with van der Waals surface area (Å²) in [5.41, 5.74) is 4.21. The average Bonchev–Trinajstić information content (AvgIpc) is 2.61. The smallest absolute Gasteiger partial charge is 0.0275 e. The third-order valence-electron chi connectivity index (χ3n) is 3.40. The highest BCUT2D eigenvalue weighted by molar-refractivity contribution is 5.55. The van der Waals surface area contributed by atoms with E-state index in [-0.39, 0.29) is 0 Å². The van der Waals surface area contributed by atoms with Gasteiger partial charge in [0, 0.05) is 5.92 Å². The summed E-state index contributed by atoms with van der Waals surface area (Å²) >= 11 is 0. The van der Waals surface area contributed by atoms with Crippen LogP contribution in [0.2, 0.25) is 0 Å². The molecule has 0 nitrogen and oxygen atoms in total. The molecular weight excluding hydrogens is 204 g/mol. The third-order valence-corrected chi connectivity index (χ3v) is 3.40. The van der Waals surface area contributed by atoms with Crippen LogP contribution in [0.1, 0.15) is 18.4 Å². The minimum Gasteiger partial charge on any atom is -0.0731 e. The van der Waals surface area contributed by atoms with Crippen molar-refractivity contribution in [3.05, 3.63) is 83.5 Å². The normalized spacial score (nSPS) is 26.2. The van der Waals surface area contributed by atoms with Crippen molar-refractivity contribution in [2.75, 3.05) is 0 Å². The standard InChI is InChI=1S/C17H16/c1-13-11-15-9-5-6-10-16(17(15)12-13)14-7-3-2-4-8-14/h2-13,16H,1H3. The molecule has 2 unspecified atom stereocenters. The van der Waals surface area contributed by atoms with Crippen LogP contribution in [0, 0.1) is 5.92 Å². The molecule has 2 aliphatic rings. The molecule has 0 fully saturated rings. The molecule has 3 rings (SSSR count). The summed E-state index contributed by atoms with van der Waals surface area (Å²) in [6.45, 7) is 2.24. The van der Waals surface area contributed by atoms with E-state index in [0.29, 0.717) is 11.8 Å². The van der Waals surface area contributed by atoms with Gasteiger partial charge in [-0.25, -0.2) is 0 Å². The van der Waals surface area contributed by atoms with Crippen molar-refractivity contribution in [2.24, 2.45) is 5.92 Å². The number of allylic oxidation sites excluding steroid dienone is 8. The second kappa shape index (κ2) is 4.21. The molecule has 0 bridgehead atoms. The van der Waals surface area contributed by atoms with Gasteiger partial charge in [0.05, 0.1) is 0 Å². The Morgan fingerprint density at radius 3 is 2.59 bits per heavy atom. The molecule has 0 saturated carbocycles. The zero-order valence-electron chi connectivity index (χ0n) is 10.0. The van der Waals surface area contributed by atoms with Crippen molar-refractivity contribution in [2.45, 2.75) is 12.8 Å². The topological polar surface area (TPSA) is 0 Å². The highest BCUT2D eigenvalue weighted by Crippen LogP contribution is 2.38. The Labute approximate surface area is 103 Å². The van der Waals surface area contributed by atoms with E-state index in [2.05, 4.69) is 73.7 Å². The molecule has 0 heteroatoms. The van der Waals surface area contributed by atoms with Crippen LogP contribution in [-0.4, -0.2) is 0 Å². The van der Waals surface area contributed by atoms with E-state index in [1.807, 2.05) is 0 Å². The van der Waals surface area contributed by atoms with Crippen LogP contribution in [0.15, 0.2) is 77.9 Å². The Kier molecular flexibility index (Phi) is 2.56. The molecule has 0 saturated heterocycles. The van der Waals surface area contributed by atoms with Crippen LogP contribution >= 0.6 is 0 Å². The Bertz CT molecular complexity index is 526. The summed E-state index contributed by atoms with van der Waals surface area (Å²) in [5.74, 6) is 0.963. The van der Waals surface area contributed by atoms with Crippen LogP contribution in [0.4, 0.5) is 0 Å². The Balaban J connectivity index is 2.06.